The minimum absolute atomic E-state index is 0.000761. The number of ketones is 1. The number of amides is 1. The van der Waals surface area contributed by atoms with Gasteiger partial charge in [-0.05, 0) is 25.0 Å². The predicted octanol–water partition coefficient (Wildman–Crippen LogP) is 2.88. The summed E-state index contributed by atoms with van der Waals surface area (Å²) in [5, 5.41) is 0.966. The normalized spacial score (nSPS) is 26.0. The van der Waals surface area contributed by atoms with Crippen LogP contribution in [0.1, 0.15) is 36.3 Å². The van der Waals surface area contributed by atoms with E-state index in [1.165, 1.54) is 14.0 Å². The number of aromatic nitrogens is 1. The lowest BCUT2D eigenvalue weighted by Crippen LogP contribution is -2.56. The summed E-state index contributed by atoms with van der Waals surface area (Å²) in [6, 6.07) is 7.43. The summed E-state index contributed by atoms with van der Waals surface area (Å²) < 4.78 is 5.11. The molecule has 28 heavy (non-hydrogen) atoms. The van der Waals surface area contributed by atoms with Crippen LogP contribution in [0.2, 0.25) is 0 Å². The largest absolute Gasteiger partial charge is 0.469 e. The lowest BCUT2D eigenvalue weighted by Gasteiger charge is -2.46. The van der Waals surface area contributed by atoms with Crippen LogP contribution in [0.5, 0.6) is 0 Å². The van der Waals surface area contributed by atoms with Crippen molar-refractivity contribution in [3.05, 3.63) is 47.2 Å². The molecule has 2 aliphatic rings. The first-order chi connectivity index (χ1) is 13.5. The molecule has 146 valence electrons. The van der Waals surface area contributed by atoms with Gasteiger partial charge in [0, 0.05) is 36.7 Å². The molecule has 3 unspecified atom stereocenters. The molecule has 6 heteroatoms. The van der Waals surface area contributed by atoms with Gasteiger partial charge in [0.25, 0.3) is 0 Å². The Morgan fingerprint density at radius 2 is 2.00 bits per heavy atom. The zero-order valence-corrected chi connectivity index (χ0v) is 16.3. The smallest absolute Gasteiger partial charge is 0.311 e. The monoisotopic (exact) mass is 380 g/mol. The first kappa shape index (κ1) is 18.5. The van der Waals surface area contributed by atoms with Gasteiger partial charge < -0.3 is 14.6 Å². The van der Waals surface area contributed by atoms with Crippen molar-refractivity contribution in [1.29, 1.82) is 0 Å². The Balaban J connectivity index is 1.94. The number of para-hydroxylation sites is 1. The number of ether oxygens (including phenoxy) is 1. The fourth-order valence-corrected chi connectivity index (χ4v) is 4.89. The van der Waals surface area contributed by atoms with Crippen molar-refractivity contribution in [3.8, 4) is 0 Å². The molecule has 1 amide bonds. The van der Waals surface area contributed by atoms with Gasteiger partial charge in [-0.25, -0.2) is 0 Å². The van der Waals surface area contributed by atoms with Crippen LogP contribution >= 0.6 is 0 Å². The van der Waals surface area contributed by atoms with Gasteiger partial charge in [-0.3, -0.25) is 14.4 Å². The summed E-state index contributed by atoms with van der Waals surface area (Å²) in [6.45, 7) is 3.86. The SMILES string of the molecule is C/C=C1\CN(C(C)=O)C2Cc3c([nH]c4ccccc34)C(=O)CC1C2C(=O)OC. The Labute approximate surface area is 163 Å². The number of benzene rings is 1. The number of allylic oxidation sites excluding steroid dienone is 1. The molecule has 6 nitrogen and oxygen atoms in total. The molecule has 2 bridgehead atoms. The van der Waals surface area contributed by atoms with Crippen LogP contribution in [0, 0.1) is 11.8 Å². The Kier molecular flexibility index (Phi) is 4.57. The molecule has 0 spiro atoms. The van der Waals surface area contributed by atoms with E-state index in [9.17, 15) is 14.4 Å². The number of rotatable bonds is 1. The first-order valence-electron chi connectivity index (χ1n) is 9.59. The van der Waals surface area contributed by atoms with Gasteiger partial charge in [0.05, 0.1) is 24.8 Å². The summed E-state index contributed by atoms with van der Waals surface area (Å²) >= 11 is 0. The lowest BCUT2D eigenvalue weighted by atomic mass is 9.70. The number of hydrogen-bond acceptors (Lipinski definition) is 4. The zero-order valence-electron chi connectivity index (χ0n) is 16.3. The van der Waals surface area contributed by atoms with Crippen LogP contribution in [0.3, 0.4) is 0 Å². The van der Waals surface area contributed by atoms with Crippen molar-refractivity contribution in [2.24, 2.45) is 11.8 Å². The van der Waals surface area contributed by atoms with E-state index in [-0.39, 0.29) is 36.0 Å². The molecule has 1 aromatic carbocycles. The van der Waals surface area contributed by atoms with Crippen molar-refractivity contribution in [2.45, 2.75) is 32.7 Å². The maximum Gasteiger partial charge on any atom is 0.311 e. The highest BCUT2D eigenvalue weighted by molar-refractivity contribution is 6.03. The summed E-state index contributed by atoms with van der Waals surface area (Å²) in [6.07, 6.45) is 2.59. The molecule has 1 saturated heterocycles. The second kappa shape index (κ2) is 6.93. The number of likely N-dealkylation sites (tertiary alicyclic amines) is 1. The van der Waals surface area contributed by atoms with Gasteiger partial charge in [-0.1, -0.05) is 29.8 Å². The van der Waals surface area contributed by atoms with Crippen molar-refractivity contribution >= 4 is 28.6 Å². The maximum absolute atomic E-state index is 13.2. The maximum atomic E-state index is 13.2. The molecular weight excluding hydrogens is 356 g/mol. The van der Waals surface area contributed by atoms with Crippen molar-refractivity contribution in [2.75, 3.05) is 13.7 Å². The third kappa shape index (κ3) is 2.75. The van der Waals surface area contributed by atoms with E-state index in [4.69, 9.17) is 4.74 Å². The van der Waals surface area contributed by atoms with E-state index in [1.807, 2.05) is 37.3 Å². The lowest BCUT2D eigenvalue weighted by molar-refractivity contribution is -0.153. The van der Waals surface area contributed by atoms with Gasteiger partial charge in [-0.2, -0.15) is 0 Å². The van der Waals surface area contributed by atoms with E-state index >= 15 is 0 Å². The Morgan fingerprint density at radius 3 is 2.68 bits per heavy atom. The van der Waals surface area contributed by atoms with Gasteiger partial charge in [-0.15, -0.1) is 0 Å². The Morgan fingerprint density at radius 1 is 1.25 bits per heavy atom. The summed E-state index contributed by atoms with van der Waals surface area (Å²) in [5.41, 5.74) is 3.32. The van der Waals surface area contributed by atoms with Crippen molar-refractivity contribution < 1.29 is 19.1 Å². The molecule has 3 atom stereocenters. The standard InChI is InChI=1S/C22H24N2O4/c1-4-13-11-24(12(2)25)18-9-16-14-7-5-6-8-17(14)23-21(16)19(26)10-15(13)20(18)22(27)28-3/h4-8,15,18,20,23H,9-11H2,1-3H3/b13-4+. The van der Waals surface area contributed by atoms with Gasteiger partial charge in [0.2, 0.25) is 5.91 Å². The number of aromatic amines is 1. The molecular formula is C22H24N2O4. The minimum atomic E-state index is -0.556. The highest BCUT2D eigenvalue weighted by Crippen LogP contribution is 2.42. The third-order valence-electron chi connectivity index (χ3n) is 6.24. The molecule has 1 aliphatic carbocycles. The fourth-order valence-electron chi connectivity index (χ4n) is 4.89. The van der Waals surface area contributed by atoms with Gasteiger partial charge in [0.1, 0.15) is 0 Å². The number of hydrogen-bond donors (Lipinski definition) is 1. The van der Waals surface area contributed by atoms with E-state index in [2.05, 4.69) is 4.98 Å². The number of H-pyrrole nitrogens is 1. The number of methoxy groups -OCH3 is 1. The van der Waals surface area contributed by atoms with E-state index < -0.39 is 5.92 Å². The molecule has 2 aromatic rings. The highest BCUT2D eigenvalue weighted by Gasteiger charge is 2.48. The molecule has 0 radical (unpaired) electrons. The van der Waals surface area contributed by atoms with Crippen LogP contribution in [0.25, 0.3) is 10.9 Å². The topological polar surface area (TPSA) is 79.5 Å². The Hall–Kier alpha value is -2.89. The molecule has 2 heterocycles. The van der Waals surface area contributed by atoms with Crippen molar-refractivity contribution in [1.82, 2.24) is 9.88 Å². The van der Waals surface area contributed by atoms with Crippen LogP contribution in [-0.4, -0.2) is 47.2 Å². The molecule has 1 aromatic heterocycles. The van der Waals surface area contributed by atoms with Gasteiger partial charge in [0.15, 0.2) is 5.78 Å². The number of fused-ring (bicyclic) bond motifs is 5. The van der Waals surface area contributed by atoms with E-state index in [0.29, 0.717) is 18.7 Å². The summed E-state index contributed by atoms with van der Waals surface area (Å²) in [5.74, 6) is -1.26. The number of Topliss-reactive ketones (excluding diaryl/α,β-unsaturated/α-hetero) is 1. The van der Waals surface area contributed by atoms with E-state index in [1.54, 1.807) is 4.90 Å². The number of piperidine rings is 1. The molecule has 4 rings (SSSR count). The molecule has 0 saturated carbocycles. The second-order valence-electron chi connectivity index (χ2n) is 7.59. The number of esters is 1. The fraction of sp³-hybridized carbons (Fsp3) is 0.409. The average Bonchev–Trinajstić information content (AvgIpc) is 3.05. The van der Waals surface area contributed by atoms with Crippen LogP contribution < -0.4 is 0 Å². The van der Waals surface area contributed by atoms with Crippen molar-refractivity contribution in [3.63, 3.8) is 0 Å². The number of nitrogens with one attached hydrogen (secondary N) is 1. The highest BCUT2D eigenvalue weighted by atomic mass is 16.5. The number of nitrogens with zero attached hydrogens (tertiary/aromatic N) is 1. The zero-order chi connectivity index (χ0) is 20.0. The van der Waals surface area contributed by atoms with Gasteiger partial charge >= 0.3 is 5.97 Å². The third-order valence-corrected chi connectivity index (χ3v) is 6.24. The van der Waals surface area contributed by atoms with Crippen LogP contribution in [0.4, 0.5) is 0 Å². The van der Waals surface area contributed by atoms with Crippen LogP contribution in [-0.2, 0) is 20.7 Å². The summed E-state index contributed by atoms with van der Waals surface area (Å²) in [7, 11) is 1.36. The first-order valence-corrected chi connectivity index (χ1v) is 9.59. The minimum Gasteiger partial charge on any atom is -0.469 e. The summed E-state index contributed by atoms with van der Waals surface area (Å²) in [4.78, 5) is 43.5. The average molecular weight is 380 g/mol. The molecule has 1 N–H and O–H groups in total. The molecule has 1 fully saturated rings. The quantitative estimate of drug-likeness (QED) is 0.609. The Bertz CT molecular complexity index is 1000. The second-order valence-corrected chi connectivity index (χ2v) is 7.59. The van der Waals surface area contributed by atoms with Crippen LogP contribution in [0.15, 0.2) is 35.9 Å². The van der Waals surface area contributed by atoms with E-state index in [0.717, 1.165) is 22.0 Å². The number of carbonyl (C=O) groups is 3. The predicted molar refractivity (Wildman–Crippen MR) is 105 cm³/mol. The molecule has 1 aliphatic heterocycles. The number of carbonyl (C=O) groups excluding carboxylic acids is 3.